The summed E-state index contributed by atoms with van der Waals surface area (Å²) in [6.07, 6.45) is 4.92. The Morgan fingerprint density at radius 3 is 2.42 bits per heavy atom. The van der Waals surface area contributed by atoms with Crippen molar-refractivity contribution in [1.29, 1.82) is 0 Å². The average molecular weight is 459 g/mol. The fraction of sp³-hybridized carbons (Fsp3) is 0.560. The Bertz CT molecular complexity index is 868. The Labute approximate surface area is 196 Å². The minimum Gasteiger partial charge on any atom is -0.496 e. The van der Waals surface area contributed by atoms with Crippen LogP contribution in [0.2, 0.25) is 0 Å². The zero-order chi connectivity index (χ0) is 24.5. The summed E-state index contributed by atoms with van der Waals surface area (Å²) in [5.41, 5.74) is 1.70. The Kier molecular flexibility index (Phi) is 9.91. The van der Waals surface area contributed by atoms with Crippen molar-refractivity contribution in [3.05, 3.63) is 35.5 Å². The average Bonchev–Trinajstić information content (AvgIpc) is 2.79. The normalized spacial score (nSPS) is 23.1. The van der Waals surface area contributed by atoms with Crippen molar-refractivity contribution >= 4 is 23.8 Å². The van der Waals surface area contributed by atoms with Gasteiger partial charge in [0.1, 0.15) is 17.8 Å². The van der Waals surface area contributed by atoms with E-state index in [1.807, 2.05) is 45.9 Å². The second-order valence-electron chi connectivity index (χ2n) is 9.02. The predicted octanol–water partition coefficient (Wildman–Crippen LogP) is 1.99. The van der Waals surface area contributed by atoms with Crippen molar-refractivity contribution in [3.63, 3.8) is 0 Å². The Morgan fingerprint density at radius 2 is 1.82 bits per heavy atom. The SMILES string of the molecule is CCC(C)C1NC(=O)C(NC)Cc2cc(ccc2OC)C=CNC(=O)C(CC(C)C)NC1=O. The number of hydrogen-bond acceptors (Lipinski definition) is 5. The molecule has 3 amide bonds. The van der Waals surface area contributed by atoms with Gasteiger partial charge in [0.2, 0.25) is 17.7 Å². The summed E-state index contributed by atoms with van der Waals surface area (Å²) in [4.78, 5) is 39.3. The van der Waals surface area contributed by atoms with Crippen LogP contribution in [0.5, 0.6) is 5.75 Å². The number of ether oxygens (including phenoxy) is 1. The monoisotopic (exact) mass is 458 g/mol. The van der Waals surface area contributed by atoms with Crippen LogP contribution in [0.25, 0.3) is 6.08 Å². The number of carbonyl (C=O) groups excluding carboxylic acids is 3. The molecule has 1 aliphatic rings. The predicted molar refractivity (Wildman–Crippen MR) is 129 cm³/mol. The fourth-order valence-corrected chi connectivity index (χ4v) is 3.85. The van der Waals surface area contributed by atoms with Gasteiger partial charge in [-0.25, -0.2) is 0 Å². The molecule has 4 unspecified atom stereocenters. The lowest BCUT2D eigenvalue weighted by atomic mass is 9.95. The molecule has 0 aliphatic carbocycles. The van der Waals surface area contributed by atoms with Crippen LogP contribution in [0.15, 0.2) is 24.4 Å². The van der Waals surface area contributed by atoms with E-state index in [9.17, 15) is 14.4 Å². The summed E-state index contributed by atoms with van der Waals surface area (Å²) in [5, 5.41) is 11.6. The van der Waals surface area contributed by atoms with Crippen molar-refractivity contribution < 1.29 is 19.1 Å². The lowest BCUT2D eigenvalue weighted by Crippen LogP contribution is -2.58. The summed E-state index contributed by atoms with van der Waals surface area (Å²) in [6, 6.07) is 3.63. The molecule has 1 heterocycles. The van der Waals surface area contributed by atoms with Gasteiger partial charge in [-0.15, -0.1) is 0 Å². The summed E-state index contributed by atoms with van der Waals surface area (Å²) in [5.74, 6) is -0.170. The molecule has 4 atom stereocenters. The fourth-order valence-electron chi connectivity index (χ4n) is 3.85. The molecule has 0 saturated carbocycles. The maximum absolute atomic E-state index is 13.2. The molecule has 1 aromatic rings. The van der Waals surface area contributed by atoms with E-state index >= 15 is 0 Å². The van der Waals surface area contributed by atoms with Gasteiger partial charge in [0.05, 0.1) is 13.2 Å². The maximum Gasteiger partial charge on any atom is 0.246 e. The molecule has 0 radical (unpaired) electrons. The second kappa shape index (κ2) is 12.4. The van der Waals surface area contributed by atoms with Crippen molar-refractivity contribution in [2.24, 2.45) is 11.8 Å². The summed E-state index contributed by atoms with van der Waals surface area (Å²) in [7, 11) is 3.30. The van der Waals surface area contributed by atoms with Gasteiger partial charge in [0.15, 0.2) is 0 Å². The van der Waals surface area contributed by atoms with Gasteiger partial charge in [-0.1, -0.05) is 40.2 Å². The number of likely N-dealkylation sites (N-methyl/N-ethyl adjacent to an activating group) is 1. The van der Waals surface area contributed by atoms with E-state index in [0.717, 1.165) is 11.1 Å². The first-order valence-electron chi connectivity index (χ1n) is 11.6. The number of carbonyl (C=O) groups is 3. The smallest absolute Gasteiger partial charge is 0.246 e. The molecule has 8 nitrogen and oxygen atoms in total. The van der Waals surface area contributed by atoms with Crippen LogP contribution < -0.4 is 26.0 Å². The Balaban J connectivity index is 2.49. The van der Waals surface area contributed by atoms with E-state index in [2.05, 4.69) is 21.3 Å². The molecule has 2 rings (SSSR count). The third kappa shape index (κ3) is 7.32. The first-order valence-corrected chi connectivity index (χ1v) is 11.6. The second-order valence-corrected chi connectivity index (χ2v) is 9.02. The lowest BCUT2D eigenvalue weighted by molar-refractivity contribution is -0.133. The molecule has 182 valence electrons. The van der Waals surface area contributed by atoms with Crippen LogP contribution in [0.1, 0.15) is 51.7 Å². The molecule has 1 aromatic carbocycles. The molecule has 4 N–H and O–H groups in total. The number of amides is 3. The Morgan fingerprint density at radius 1 is 1.09 bits per heavy atom. The number of fused-ring (bicyclic) bond motifs is 2. The highest BCUT2D eigenvalue weighted by molar-refractivity contribution is 5.93. The third-order valence-electron chi connectivity index (χ3n) is 6.03. The highest BCUT2D eigenvalue weighted by Crippen LogP contribution is 2.23. The van der Waals surface area contributed by atoms with E-state index in [4.69, 9.17) is 4.74 Å². The van der Waals surface area contributed by atoms with Crippen LogP contribution in [-0.2, 0) is 20.8 Å². The number of nitrogens with one attached hydrogen (secondary N) is 4. The van der Waals surface area contributed by atoms with E-state index in [-0.39, 0.29) is 29.6 Å². The van der Waals surface area contributed by atoms with Crippen molar-refractivity contribution in [2.45, 2.75) is 65.1 Å². The third-order valence-corrected chi connectivity index (χ3v) is 6.03. The zero-order valence-corrected chi connectivity index (χ0v) is 20.5. The first kappa shape index (κ1) is 26.4. The highest BCUT2D eigenvalue weighted by Gasteiger charge is 2.32. The molecule has 0 spiro atoms. The van der Waals surface area contributed by atoms with Crippen LogP contribution in [0.4, 0.5) is 0 Å². The van der Waals surface area contributed by atoms with Gasteiger partial charge in [0, 0.05) is 12.6 Å². The summed E-state index contributed by atoms with van der Waals surface area (Å²) in [6.45, 7) is 7.87. The molecular formula is C25H38N4O4. The van der Waals surface area contributed by atoms with Crippen molar-refractivity contribution in [2.75, 3.05) is 14.2 Å². The molecule has 2 bridgehead atoms. The molecular weight excluding hydrogens is 420 g/mol. The number of benzene rings is 1. The molecule has 0 saturated heterocycles. The number of methoxy groups -OCH3 is 1. The van der Waals surface area contributed by atoms with E-state index in [1.165, 1.54) is 0 Å². The van der Waals surface area contributed by atoms with E-state index in [0.29, 0.717) is 25.0 Å². The summed E-state index contributed by atoms with van der Waals surface area (Å²) >= 11 is 0. The maximum atomic E-state index is 13.2. The van der Waals surface area contributed by atoms with Crippen LogP contribution in [-0.4, -0.2) is 50.0 Å². The van der Waals surface area contributed by atoms with E-state index < -0.39 is 18.1 Å². The van der Waals surface area contributed by atoms with Crippen molar-refractivity contribution in [3.8, 4) is 5.75 Å². The zero-order valence-electron chi connectivity index (χ0n) is 20.5. The number of hydrogen-bond donors (Lipinski definition) is 4. The molecule has 0 fully saturated rings. The lowest BCUT2D eigenvalue weighted by Gasteiger charge is -2.28. The van der Waals surface area contributed by atoms with Crippen LogP contribution in [0, 0.1) is 11.8 Å². The highest BCUT2D eigenvalue weighted by atomic mass is 16.5. The van der Waals surface area contributed by atoms with E-state index in [1.54, 1.807) is 26.4 Å². The Hall–Kier alpha value is -2.87. The first-order chi connectivity index (χ1) is 15.7. The van der Waals surface area contributed by atoms with Crippen LogP contribution in [0.3, 0.4) is 0 Å². The van der Waals surface area contributed by atoms with Gasteiger partial charge >= 0.3 is 0 Å². The van der Waals surface area contributed by atoms with Gasteiger partial charge in [-0.2, -0.15) is 0 Å². The standard InChI is InChI=1S/C25H38N4O4/c1-7-16(4)22-25(32)28-20(12-15(2)3)23(30)27-11-10-17-8-9-21(33-6)18(13-17)14-19(26-5)24(31)29-22/h8-11,13,15-16,19-20,22,26H,7,12,14H2,1-6H3,(H,27,30)(H,28,32)(H,29,31). The van der Waals surface area contributed by atoms with Gasteiger partial charge < -0.3 is 26.0 Å². The number of rotatable bonds is 6. The quantitative estimate of drug-likeness (QED) is 0.521. The van der Waals surface area contributed by atoms with Crippen LogP contribution >= 0.6 is 0 Å². The van der Waals surface area contributed by atoms with Gasteiger partial charge in [0.25, 0.3) is 0 Å². The minimum atomic E-state index is -0.755. The molecule has 0 aromatic heterocycles. The largest absolute Gasteiger partial charge is 0.496 e. The van der Waals surface area contributed by atoms with Gasteiger partial charge in [-0.3, -0.25) is 14.4 Å². The molecule has 8 heteroatoms. The topological polar surface area (TPSA) is 109 Å². The molecule has 1 aliphatic heterocycles. The minimum absolute atomic E-state index is 0.109. The molecule has 33 heavy (non-hydrogen) atoms. The van der Waals surface area contributed by atoms with Crippen molar-refractivity contribution in [1.82, 2.24) is 21.3 Å². The summed E-state index contributed by atoms with van der Waals surface area (Å²) < 4.78 is 5.49. The van der Waals surface area contributed by atoms with Gasteiger partial charge in [-0.05, 0) is 54.6 Å².